The topological polar surface area (TPSA) is 98.8 Å². The normalized spacial score (nSPS) is 14.3. The van der Waals surface area contributed by atoms with Crippen LogP contribution in [-0.4, -0.2) is 62.2 Å². The Hall–Kier alpha value is -4.31. The fraction of sp³-hybridized carbons (Fsp3) is 0.235. The SMILES string of the molecule is Cc1ccc(S(=O)(=O)N2CCN(Cc3ccc(C(=O)Nc4ccccc4C(=O)NCCc4ccccc4)cc3)CC2)cc1. The summed E-state index contributed by atoms with van der Waals surface area (Å²) in [6, 6.07) is 31.2. The standard InChI is InChI=1S/C34H36N4O4S/c1-26-11-17-30(18-12-26)43(41,42)38-23-21-37(22-24-38)25-28-13-15-29(16-14-28)33(39)36-32-10-6-5-9-31(32)34(40)35-20-19-27-7-3-2-4-8-27/h2-18H,19-25H2,1H3,(H,35,40)(H,36,39). The van der Waals surface area contributed by atoms with Crippen molar-refractivity contribution in [1.82, 2.24) is 14.5 Å². The number of rotatable bonds is 10. The summed E-state index contributed by atoms with van der Waals surface area (Å²) in [6.45, 7) is 5.18. The molecule has 9 heteroatoms. The quantitative estimate of drug-likeness (QED) is 0.276. The second-order valence-electron chi connectivity index (χ2n) is 10.7. The van der Waals surface area contributed by atoms with E-state index in [0.29, 0.717) is 61.0 Å². The van der Waals surface area contributed by atoms with Crippen molar-refractivity contribution < 1.29 is 18.0 Å². The number of anilines is 1. The number of nitrogens with zero attached hydrogens (tertiary/aromatic N) is 2. The lowest BCUT2D eigenvalue weighted by atomic mass is 10.1. The molecule has 4 aromatic rings. The van der Waals surface area contributed by atoms with Gasteiger partial charge in [-0.2, -0.15) is 4.31 Å². The van der Waals surface area contributed by atoms with Gasteiger partial charge in [-0.1, -0.05) is 72.3 Å². The van der Waals surface area contributed by atoms with Crippen LogP contribution in [0.15, 0.2) is 108 Å². The van der Waals surface area contributed by atoms with Crippen LogP contribution in [0.25, 0.3) is 0 Å². The van der Waals surface area contributed by atoms with Crippen LogP contribution in [0.4, 0.5) is 5.69 Å². The second kappa shape index (κ2) is 13.8. The van der Waals surface area contributed by atoms with Crippen LogP contribution in [0.2, 0.25) is 0 Å². The van der Waals surface area contributed by atoms with Gasteiger partial charge < -0.3 is 10.6 Å². The number of nitrogens with one attached hydrogen (secondary N) is 2. The first-order chi connectivity index (χ1) is 20.8. The summed E-state index contributed by atoms with van der Waals surface area (Å²) in [6.07, 6.45) is 0.718. The van der Waals surface area contributed by atoms with Crippen molar-refractivity contribution in [3.8, 4) is 0 Å². The Balaban J connectivity index is 1.13. The third-order valence-electron chi connectivity index (χ3n) is 7.57. The summed E-state index contributed by atoms with van der Waals surface area (Å²) in [5.74, 6) is -0.542. The maximum atomic E-state index is 13.0. The minimum Gasteiger partial charge on any atom is -0.352 e. The van der Waals surface area contributed by atoms with Crippen molar-refractivity contribution in [3.63, 3.8) is 0 Å². The number of hydrogen-bond donors (Lipinski definition) is 2. The molecule has 8 nitrogen and oxygen atoms in total. The van der Waals surface area contributed by atoms with Crippen LogP contribution in [0.5, 0.6) is 0 Å². The molecule has 43 heavy (non-hydrogen) atoms. The molecule has 1 fully saturated rings. The number of benzene rings is 4. The van der Waals surface area contributed by atoms with Gasteiger partial charge in [0.25, 0.3) is 11.8 Å². The first-order valence-corrected chi connectivity index (χ1v) is 15.8. The average Bonchev–Trinajstić information content (AvgIpc) is 3.02. The predicted octanol–water partition coefficient (Wildman–Crippen LogP) is 4.73. The van der Waals surface area contributed by atoms with Crippen molar-refractivity contribution >= 4 is 27.5 Å². The molecule has 1 aliphatic heterocycles. The Morgan fingerprint density at radius 1 is 0.721 bits per heavy atom. The Bertz CT molecular complexity index is 1650. The number of amides is 2. The molecule has 0 unspecified atom stereocenters. The molecule has 0 aromatic heterocycles. The van der Waals surface area contributed by atoms with E-state index in [-0.39, 0.29) is 11.8 Å². The monoisotopic (exact) mass is 596 g/mol. The van der Waals surface area contributed by atoms with Crippen molar-refractivity contribution in [1.29, 1.82) is 0 Å². The Labute approximate surface area is 253 Å². The number of piperazine rings is 1. The third-order valence-corrected chi connectivity index (χ3v) is 9.49. The highest BCUT2D eigenvalue weighted by molar-refractivity contribution is 7.89. The van der Waals surface area contributed by atoms with Crippen LogP contribution in [0, 0.1) is 6.92 Å². The van der Waals surface area contributed by atoms with Gasteiger partial charge in [-0.25, -0.2) is 8.42 Å². The van der Waals surface area contributed by atoms with E-state index in [1.807, 2.05) is 61.5 Å². The van der Waals surface area contributed by atoms with E-state index in [2.05, 4.69) is 15.5 Å². The summed E-state index contributed by atoms with van der Waals surface area (Å²) < 4.78 is 27.5. The Kier molecular flexibility index (Phi) is 9.66. The van der Waals surface area contributed by atoms with E-state index in [9.17, 15) is 18.0 Å². The number of sulfonamides is 1. The van der Waals surface area contributed by atoms with E-state index in [1.165, 1.54) is 0 Å². The van der Waals surface area contributed by atoms with Crippen molar-refractivity contribution in [2.24, 2.45) is 0 Å². The molecular weight excluding hydrogens is 560 g/mol. The minimum atomic E-state index is -3.50. The predicted molar refractivity (Wildman–Crippen MR) is 169 cm³/mol. The smallest absolute Gasteiger partial charge is 0.255 e. The molecule has 1 aliphatic rings. The van der Waals surface area contributed by atoms with Crippen LogP contribution in [-0.2, 0) is 23.0 Å². The van der Waals surface area contributed by atoms with Crippen LogP contribution >= 0.6 is 0 Å². The van der Waals surface area contributed by atoms with Gasteiger partial charge >= 0.3 is 0 Å². The highest BCUT2D eigenvalue weighted by Crippen LogP contribution is 2.20. The van der Waals surface area contributed by atoms with E-state index in [4.69, 9.17) is 0 Å². The highest BCUT2D eigenvalue weighted by Gasteiger charge is 2.28. The Morgan fingerprint density at radius 3 is 2.07 bits per heavy atom. The second-order valence-corrected chi connectivity index (χ2v) is 12.6. The van der Waals surface area contributed by atoms with Gasteiger partial charge in [0.1, 0.15) is 0 Å². The third kappa shape index (κ3) is 7.75. The fourth-order valence-corrected chi connectivity index (χ4v) is 6.47. The summed E-state index contributed by atoms with van der Waals surface area (Å²) in [5, 5.41) is 5.82. The number of para-hydroxylation sites is 1. The zero-order valence-electron chi connectivity index (χ0n) is 24.2. The molecule has 0 radical (unpaired) electrons. The highest BCUT2D eigenvalue weighted by atomic mass is 32.2. The number of carbonyl (C=O) groups excluding carboxylic acids is 2. The number of aryl methyl sites for hydroxylation is 1. The lowest BCUT2D eigenvalue weighted by molar-refractivity contribution is 0.0955. The first-order valence-electron chi connectivity index (χ1n) is 14.4. The summed E-state index contributed by atoms with van der Waals surface area (Å²) in [7, 11) is -3.50. The largest absolute Gasteiger partial charge is 0.352 e. The van der Waals surface area contributed by atoms with E-state index < -0.39 is 10.0 Å². The molecule has 0 aliphatic carbocycles. The average molecular weight is 597 g/mol. The van der Waals surface area contributed by atoms with Gasteiger partial charge in [0.2, 0.25) is 10.0 Å². The zero-order valence-corrected chi connectivity index (χ0v) is 25.0. The number of carbonyl (C=O) groups is 2. The van der Waals surface area contributed by atoms with E-state index >= 15 is 0 Å². The number of hydrogen-bond acceptors (Lipinski definition) is 5. The molecule has 2 N–H and O–H groups in total. The summed E-state index contributed by atoms with van der Waals surface area (Å²) >= 11 is 0. The van der Waals surface area contributed by atoms with Crippen molar-refractivity contribution in [3.05, 3.63) is 131 Å². The lowest BCUT2D eigenvalue weighted by Gasteiger charge is -2.34. The molecule has 0 spiro atoms. The molecule has 1 heterocycles. The van der Waals surface area contributed by atoms with Crippen LogP contribution in [0.3, 0.4) is 0 Å². The molecule has 222 valence electrons. The Morgan fingerprint density at radius 2 is 1.37 bits per heavy atom. The zero-order chi connectivity index (χ0) is 30.2. The molecule has 2 amide bonds. The molecule has 5 rings (SSSR count). The molecule has 0 atom stereocenters. The van der Waals surface area contributed by atoms with Gasteiger partial charge in [0, 0.05) is 44.8 Å². The van der Waals surface area contributed by atoms with Gasteiger partial charge in [0.15, 0.2) is 0 Å². The lowest BCUT2D eigenvalue weighted by Crippen LogP contribution is -2.48. The fourth-order valence-electron chi connectivity index (χ4n) is 5.05. The molecule has 4 aromatic carbocycles. The minimum absolute atomic E-state index is 0.242. The molecule has 0 saturated carbocycles. The van der Waals surface area contributed by atoms with Gasteiger partial charge in [-0.3, -0.25) is 14.5 Å². The van der Waals surface area contributed by atoms with Gasteiger partial charge in [-0.05, 0) is 60.9 Å². The van der Waals surface area contributed by atoms with Crippen molar-refractivity contribution in [2.45, 2.75) is 24.8 Å². The van der Waals surface area contributed by atoms with Crippen LogP contribution in [0.1, 0.15) is 37.4 Å². The van der Waals surface area contributed by atoms with Crippen LogP contribution < -0.4 is 10.6 Å². The first kappa shape index (κ1) is 30.2. The van der Waals surface area contributed by atoms with Gasteiger partial charge in [0.05, 0.1) is 16.1 Å². The van der Waals surface area contributed by atoms with Gasteiger partial charge in [-0.15, -0.1) is 0 Å². The van der Waals surface area contributed by atoms with Crippen molar-refractivity contribution in [2.75, 3.05) is 38.0 Å². The maximum absolute atomic E-state index is 13.0. The molecular formula is C34H36N4O4S. The molecule has 0 bridgehead atoms. The summed E-state index contributed by atoms with van der Waals surface area (Å²) in [4.78, 5) is 28.4. The maximum Gasteiger partial charge on any atom is 0.255 e. The van der Waals surface area contributed by atoms with E-state index in [0.717, 1.165) is 23.1 Å². The summed E-state index contributed by atoms with van der Waals surface area (Å²) in [5.41, 5.74) is 4.54. The van der Waals surface area contributed by atoms with E-state index in [1.54, 1.807) is 52.8 Å². The molecule has 1 saturated heterocycles.